The number of allylic oxidation sites excluding steroid dienone is 1. The largest absolute Gasteiger partial charge is 0.457 e. The third-order valence-electron chi connectivity index (χ3n) is 0.961. The average Bonchev–Trinajstić information content (AvgIpc) is 1.83. The summed E-state index contributed by atoms with van der Waals surface area (Å²) in [7, 11) is 0. The van der Waals surface area contributed by atoms with E-state index in [2.05, 4.69) is 22.5 Å². The van der Waals surface area contributed by atoms with Crippen LogP contribution in [-0.2, 0) is 0 Å². The van der Waals surface area contributed by atoms with Crippen LogP contribution >= 0.6 is 15.9 Å². The third kappa shape index (κ3) is 2.15. The Morgan fingerprint density at radius 3 is 1.64 bits per heavy atom. The van der Waals surface area contributed by atoms with Gasteiger partial charge in [0.2, 0.25) is 0 Å². The van der Waals surface area contributed by atoms with Crippen molar-refractivity contribution in [3.8, 4) is 0 Å². The molecule has 6 heteroatoms. The molecule has 0 unspecified atom stereocenters. The zero-order chi connectivity index (χ0) is 9.28. The van der Waals surface area contributed by atoms with Crippen molar-refractivity contribution in [3.63, 3.8) is 0 Å². The highest BCUT2D eigenvalue weighted by atomic mass is 79.9. The SMILES string of the molecule is C=C(CBr)C(F)(F)C(F)(F)F. The number of halogens is 6. The molecule has 66 valence electrons. The van der Waals surface area contributed by atoms with Gasteiger partial charge < -0.3 is 0 Å². The van der Waals surface area contributed by atoms with Gasteiger partial charge in [-0.05, 0) is 0 Å². The van der Waals surface area contributed by atoms with Gasteiger partial charge in [-0.15, -0.1) is 0 Å². The molecule has 0 spiro atoms. The van der Waals surface area contributed by atoms with E-state index >= 15 is 0 Å². The lowest BCUT2D eigenvalue weighted by atomic mass is 10.2. The first-order chi connectivity index (χ1) is 4.73. The van der Waals surface area contributed by atoms with Gasteiger partial charge in [-0.3, -0.25) is 0 Å². The quantitative estimate of drug-likeness (QED) is 0.394. The fraction of sp³-hybridized carbons (Fsp3) is 0.600. The Labute approximate surface area is 68.2 Å². The van der Waals surface area contributed by atoms with Gasteiger partial charge in [0.15, 0.2) is 0 Å². The molecule has 0 aliphatic heterocycles. The molecule has 11 heavy (non-hydrogen) atoms. The molecular weight excluding hydrogens is 235 g/mol. The number of alkyl halides is 6. The number of hydrogen-bond acceptors (Lipinski definition) is 0. The van der Waals surface area contributed by atoms with E-state index in [1.807, 2.05) is 0 Å². The van der Waals surface area contributed by atoms with Crippen molar-refractivity contribution >= 4 is 15.9 Å². The van der Waals surface area contributed by atoms with E-state index in [0.29, 0.717) is 0 Å². The number of rotatable bonds is 2. The van der Waals surface area contributed by atoms with Crippen LogP contribution in [0.15, 0.2) is 12.2 Å². The molecule has 0 saturated heterocycles. The summed E-state index contributed by atoms with van der Waals surface area (Å²) in [5.74, 6) is -4.80. The van der Waals surface area contributed by atoms with Crippen LogP contribution in [0.25, 0.3) is 0 Å². The van der Waals surface area contributed by atoms with Gasteiger partial charge in [0.25, 0.3) is 0 Å². The summed E-state index contributed by atoms with van der Waals surface area (Å²) in [6, 6.07) is 0. The molecule has 0 aromatic heterocycles. The van der Waals surface area contributed by atoms with Crippen molar-refractivity contribution in [2.24, 2.45) is 0 Å². The Hall–Kier alpha value is -0.130. The minimum atomic E-state index is -5.54. The maximum absolute atomic E-state index is 12.1. The molecule has 0 heterocycles. The van der Waals surface area contributed by atoms with E-state index in [4.69, 9.17) is 0 Å². The molecule has 0 aliphatic carbocycles. The maximum Gasteiger partial charge on any atom is 0.457 e. The fourth-order valence-corrected chi connectivity index (χ4v) is 0.636. The highest BCUT2D eigenvalue weighted by Crippen LogP contribution is 2.40. The normalized spacial score (nSPS) is 13.3. The van der Waals surface area contributed by atoms with Gasteiger partial charge in [-0.2, -0.15) is 22.0 Å². The van der Waals surface area contributed by atoms with Gasteiger partial charge in [0.1, 0.15) is 0 Å². The lowest BCUT2D eigenvalue weighted by Crippen LogP contribution is -2.38. The summed E-state index contributed by atoms with van der Waals surface area (Å²) in [5.41, 5.74) is -1.19. The highest BCUT2D eigenvalue weighted by Gasteiger charge is 2.58. The molecule has 0 aliphatic rings. The monoisotopic (exact) mass is 238 g/mol. The molecule has 0 fully saturated rings. The zero-order valence-electron chi connectivity index (χ0n) is 5.18. The summed E-state index contributed by atoms with van der Waals surface area (Å²) < 4.78 is 58.5. The summed E-state index contributed by atoms with van der Waals surface area (Å²) >= 11 is 2.46. The van der Waals surface area contributed by atoms with Gasteiger partial charge in [0.05, 0.1) is 0 Å². The van der Waals surface area contributed by atoms with Crippen molar-refractivity contribution in [3.05, 3.63) is 12.2 Å². The van der Waals surface area contributed by atoms with E-state index in [1.54, 1.807) is 0 Å². The molecule has 0 rings (SSSR count). The van der Waals surface area contributed by atoms with Crippen LogP contribution in [0.1, 0.15) is 0 Å². The second-order valence-electron chi connectivity index (χ2n) is 1.81. The van der Waals surface area contributed by atoms with Crippen LogP contribution in [0.2, 0.25) is 0 Å². The van der Waals surface area contributed by atoms with Crippen molar-refractivity contribution < 1.29 is 22.0 Å². The minimum Gasteiger partial charge on any atom is -0.191 e. The van der Waals surface area contributed by atoms with Gasteiger partial charge >= 0.3 is 12.1 Å². The van der Waals surface area contributed by atoms with Crippen molar-refractivity contribution in [2.45, 2.75) is 12.1 Å². The Morgan fingerprint density at radius 2 is 1.55 bits per heavy atom. The predicted octanol–water partition coefficient (Wildman–Crippen LogP) is 3.14. The lowest BCUT2D eigenvalue weighted by Gasteiger charge is -2.20. The molecule has 0 aromatic rings. The molecule has 0 bridgehead atoms. The first-order valence-electron chi connectivity index (χ1n) is 2.42. The Morgan fingerprint density at radius 1 is 1.18 bits per heavy atom. The lowest BCUT2D eigenvalue weighted by molar-refractivity contribution is -0.263. The summed E-state index contributed by atoms with van der Waals surface area (Å²) in [4.78, 5) is 0. The topological polar surface area (TPSA) is 0 Å². The standard InChI is InChI=1S/C5H4BrF5/c1-3(2-6)4(7,8)5(9,10)11/h1-2H2. The predicted molar refractivity (Wildman–Crippen MR) is 33.9 cm³/mol. The van der Waals surface area contributed by atoms with Crippen LogP contribution in [0.5, 0.6) is 0 Å². The molecule has 0 aromatic carbocycles. The molecular formula is C5H4BrF5. The Balaban J connectivity index is 4.59. The van der Waals surface area contributed by atoms with Crippen molar-refractivity contribution in [1.82, 2.24) is 0 Å². The molecule has 0 saturated carbocycles. The fourth-order valence-electron chi connectivity index (χ4n) is 0.284. The average molecular weight is 239 g/mol. The van der Waals surface area contributed by atoms with E-state index < -0.39 is 23.0 Å². The molecule has 0 N–H and O–H groups in total. The van der Waals surface area contributed by atoms with Crippen molar-refractivity contribution in [2.75, 3.05) is 5.33 Å². The molecule has 0 nitrogen and oxygen atoms in total. The van der Waals surface area contributed by atoms with Gasteiger partial charge in [-0.1, -0.05) is 22.5 Å². The van der Waals surface area contributed by atoms with E-state index in [-0.39, 0.29) is 0 Å². The van der Waals surface area contributed by atoms with Crippen LogP contribution in [0.4, 0.5) is 22.0 Å². The molecule has 0 atom stereocenters. The second-order valence-corrected chi connectivity index (χ2v) is 2.37. The highest BCUT2D eigenvalue weighted by molar-refractivity contribution is 9.09. The summed E-state index contributed by atoms with van der Waals surface area (Å²) in [5, 5.41) is -0.570. The van der Waals surface area contributed by atoms with Gasteiger partial charge in [0, 0.05) is 10.9 Å². The first-order valence-corrected chi connectivity index (χ1v) is 3.54. The van der Waals surface area contributed by atoms with Crippen LogP contribution in [-0.4, -0.2) is 17.4 Å². The Bertz CT molecular complexity index is 159. The van der Waals surface area contributed by atoms with Crippen LogP contribution < -0.4 is 0 Å². The third-order valence-corrected chi connectivity index (χ3v) is 1.64. The number of hydrogen-bond donors (Lipinski definition) is 0. The molecule has 0 amide bonds. The Kier molecular flexibility index (Phi) is 3.05. The second kappa shape index (κ2) is 3.08. The van der Waals surface area contributed by atoms with Gasteiger partial charge in [-0.25, -0.2) is 0 Å². The maximum atomic E-state index is 12.1. The summed E-state index contributed by atoms with van der Waals surface area (Å²) in [6.45, 7) is 2.59. The molecule has 0 radical (unpaired) electrons. The van der Waals surface area contributed by atoms with Crippen LogP contribution in [0.3, 0.4) is 0 Å². The smallest absolute Gasteiger partial charge is 0.191 e. The van der Waals surface area contributed by atoms with Crippen molar-refractivity contribution in [1.29, 1.82) is 0 Å². The van der Waals surface area contributed by atoms with Crippen LogP contribution in [0, 0.1) is 0 Å². The van der Waals surface area contributed by atoms with E-state index in [9.17, 15) is 22.0 Å². The first kappa shape index (κ1) is 10.9. The minimum absolute atomic E-state index is 0.570. The zero-order valence-corrected chi connectivity index (χ0v) is 6.77. The summed E-state index contributed by atoms with van der Waals surface area (Å²) in [6.07, 6.45) is -5.54. The van der Waals surface area contributed by atoms with E-state index in [0.717, 1.165) is 0 Å². The van der Waals surface area contributed by atoms with E-state index in [1.165, 1.54) is 0 Å².